The van der Waals surface area contributed by atoms with Crippen LogP contribution in [0.2, 0.25) is 0 Å². The van der Waals surface area contributed by atoms with E-state index in [1.54, 1.807) is 0 Å². The first-order valence-electron chi connectivity index (χ1n) is 6.92. The van der Waals surface area contributed by atoms with Gasteiger partial charge in [0.15, 0.2) is 0 Å². The van der Waals surface area contributed by atoms with E-state index < -0.39 is 0 Å². The molecule has 0 aromatic heterocycles. The van der Waals surface area contributed by atoms with Gasteiger partial charge in [-0.3, -0.25) is 4.99 Å². The Labute approximate surface area is 120 Å². The Morgan fingerprint density at radius 3 is 2.55 bits per heavy atom. The molecular weight excluding hydrogens is 246 g/mol. The lowest BCUT2D eigenvalue weighted by atomic mass is 10.0. The highest BCUT2D eigenvalue weighted by atomic mass is 16.3. The van der Waals surface area contributed by atoms with Crippen LogP contribution in [-0.4, -0.2) is 11.3 Å². The molecule has 0 amide bonds. The predicted octanol–water partition coefficient (Wildman–Crippen LogP) is 4.88. The number of nitrogens with zero attached hydrogens (tertiary/aromatic N) is 1. The highest BCUT2D eigenvalue weighted by molar-refractivity contribution is 5.84. The van der Waals surface area contributed by atoms with E-state index in [2.05, 4.69) is 50.9 Å². The number of aliphatic imine (C=N–C) groups is 1. The van der Waals surface area contributed by atoms with E-state index in [0.29, 0.717) is 5.69 Å². The van der Waals surface area contributed by atoms with E-state index >= 15 is 0 Å². The van der Waals surface area contributed by atoms with Crippen molar-refractivity contribution >= 4 is 11.9 Å². The van der Waals surface area contributed by atoms with Crippen molar-refractivity contribution < 1.29 is 5.11 Å². The summed E-state index contributed by atoms with van der Waals surface area (Å²) in [6.07, 6.45) is 1.82. The van der Waals surface area contributed by atoms with Gasteiger partial charge in [-0.15, -0.1) is 0 Å². The number of hydrogen-bond donors (Lipinski definition) is 1. The summed E-state index contributed by atoms with van der Waals surface area (Å²) in [4.78, 5) is 4.45. The molecule has 0 aliphatic carbocycles. The van der Waals surface area contributed by atoms with Gasteiger partial charge < -0.3 is 5.11 Å². The summed E-state index contributed by atoms with van der Waals surface area (Å²) >= 11 is 0. The fraction of sp³-hybridized carbons (Fsp3) is 0.278. The van der Waals surface area contributed by atoms with Crippen molar-refractivity contribution in [2.24, 2.45) is 4.99 Å². The SMILES string of the molecule is Cc1ccc(C)c(/C=N\c2cccc(C(C)C)c2O)c1. The zero-order chi connectivity index (χ0) is 14.7. The van der Waals surface area contributed by atoms with Gasteiger partial charge in [0.2, 0.25) is 0 Å². The average Bonchev–Trinajstić information content (AvgIpc) is 2.41. The number of phenols is 1. The minimum absolute atomic E-state index is 0.282. The minimum atomic E-state index is 0.282. The smallest absolute Gasteiger partial charge is 0.144 e. The Morgan fingerprint density at radius 1 is 1.10 bits per heavy atom. The van der Waals surface area contributed by atoms with Crippen LogP contribution in [0.25, 0.3) is 0 Å². The first-order chi connectivity index (χ1) is 9.49. The molecule has 0 unspecified atom stereocenters. The summed E-state index contributed by atoms with van der Waals surface area (Å²) in [6.45, 7) is 8.25. The van der Waals surface area contributed by atoms with E-state index in [-0.39, 0.29) is 11.7 Å². The van der Waals surface area contributed by atoms with Gasteiger partial charge in [-0.05, 0) is 42.5 Å². The molecular formula is C18H21NO. The molecule has 1 N–H and O–H groups in total. The molecule has 0 saturated carbocycles. The lowest BCUT2D eigenvalue weighted by Gasteiger charge is -2.09. The zero-order valence-corrected chi connectivity index (χ0v) is 12.5. The van der Waals surface area contributed by atoms with E-state index in [1.807, 2.05) is 24.4 Å². The molecule has 0 saturated heterocycles. The molecule has 0 aliphatic rings. The normalized spacial score (nSPS) is 11.4. The van der Waals surface area contributed by atoms with Crippen molar-refractivity contribution in [2.45, 2.75) is 33.6 Å². The molecule has 0 atom stereocenters. The number of aryl methyl sites for hydroxylation is 2. The first-order valence-corrected chi connectivity index (χ1v) is 6.92. The molecule has 0 fully saturated rings. The molecule has 2 aromatic carbocycles. The van der Waals surface area contributed by atoms with E-state index in [0.717, 1.165) is 11.1 Å². The Balaban J connectivity index is 2.37. The van der Waals surface area contributed by atoms with Gasteiger partial charge in [0, 0.05) is 6.21 Å². The first kappa shape index (κ1) is 14.3. The summed E-state index contributed by atoms with van der Waals surface area (Å²) in [5.41, 5.74) is 5.02. The quantitative estimate of drug-likeness (QED) is 0.789. The van der Waals surface area contributed by atoms with Crippen molar-refractivity contribution in [3.8, 4) is 5.75 Å². The van der Waals surface area contributed by atoms with Crippen LogP contribution in [0.5, 0.6) is 5.75 Å². The summed E-state index contributed by atoms with van der Waals surface area (Å²) in [5, 5.41) is 10.2. The van der Waals surface area contributed by atoms with Gasteiger partial charge in [0.25, 0.3) is 0 Å². The van der Waals surface area contributed by atoms with Crippen LogP contribution in [0, 0.1) is 13.8 Å². The van der Waals surface area contributed by atoms with Crippen LogP contribution < -0.4 is 0 Å². The van der Waals surface area contributed by atoms with E-state index in [9.17, 15) is 5.11 Å². The maximum atomic E-state index is 10.2. The molecule has 2 aromatic rings. The highest BCUT2D eigenvalue weighted by Crippen LogP contribution is 2.34. The van der Waals surface area contributed by atoms with Gasteiger partial charge >= 0.3 is 0 Å². The summed E-state index contributed by atoms with van der Waals surface area (Å²) in [5.74, 6) is 0.565. The third-order valence-corrected chi connectivity index (χ3v) is 3.45. The molecule has 0 bridgehead atoms. The lowest BCUT2D eigenvalue weighted by molar-refractivity contribution is 0.466. The summed E-state index contributed by atoms with van der Waals surface area (Å²) < 4.78 is 0. The van der Waals surface area contributed by atoms with Crippen molar-refractivity contribution in [3.63, 3.8) is 0 Å². The maximum Gasteiger partial charge on any atom is 0.144 e. The molecule has 0 heterocycles. The Morgan fingerprint density at radius 2 is 1.85 bits per heavy atom. The fourth-order valence-electron chi connectivity index (χ4n) is 2.16. The number of para-hydroxylation sites is 1. The molecule has 2 nitrogen and oxygen atoms in total. The molecule has 0 spiro atoms. The van der Waals surface area contributed by atoms with Gasteiger partial charge in [0.1, 0.15) is 11.4 Å². The molecule has 2 rings (SSSR count). The van der Waals surface area contributed by atoms with Gasteiger partial charge in [-0.2, -0.15) is 0 Å². The van der Waals surface area contributed by atoms with Crippen LogP contribution in [0.15, 0.2) is 41.4 Å². The molecule has 0 radical (unpaired) electrons. The molecule has 104 valence electrons. The van der Waals surface area contributed by atoms with Crippen LogP contribution in [0.4, 0.5) is 5.69 Å². The zero-order valence-electron chi connectivity index (χ0n) is 12.5. The predicted molar refractivity (Wildman–Crippen MR) is 85.4 cm³/mol. The maximum absolute atomic E-state index is 10.2. The average molecular weight is 267 g/mol. The van der Waals surface area contributed by atoms with Crippen LogP contribution >= 0.6 is 0 Å². The minimum Gasteiger partial charge on any atom is -0.505 e. The Kier molecular flexibility index (Phi) is 4.23. The molecule has 20 heavy (non-hydrogen) atoms. The van der Waals surface area contributed by atoms with E-state index in [1.165, 1.54) is 11.1 Å². The van der Waals surface area contributed by atoms with Crippen LogP contribution in [-0.2, 0) is 0 Å². The Bertz CT molecular complexity index is 642. The summed E-state index contributed by atoms with van der Waals surface area (Å²) in [7, 11) is 0. The second-order valence-electron chi connectivity index (χ2n) is 5.49. The van der Waals surface area contributed by atoms with Crippen LogP contribution in [0.1, 0.15) is 42.0 Å². The second-order valence-corrected chi connectivity index (χ2v) is 5.49. The van der Waals surface area contributed by atoms with Crippen molar-refractivity contribution in [2.75, 3.05) is 0 Å². The van der Waals surface area contributed by atoms with Gasteiger partial charge in [0.05, 0.1) is 0 Å². The number of aromatic hydroxyl groups is 1. The topological polar surface area (TPSA) is 32.6 Å². The standard InChI is InChI=1S/C18H21NO/c1-12(2)16-6-5-7-17(18(16)20)19-11-15-10-13(3)8-9-14(15)4/h5-12,20H,1-4H3/b19-11-. The molecule has 0 aliphatic heterocycles. The second kappa shape index (κ2) is 5.91. The fourth-order valence-corrected chi connectivity index (χ4v) is 2.16. The number of hydrogen-bond acceptors (Lipinski definition) is 2. The summed E-state index contributed by atoms with van der Waals surface area (Å²) in [6, 6.07) is 12.0. The molecule has 2 heteroatoms. The number of phenolic OH excluding ortho intramolecular Hbond substituents is 1. The third-order valence-electron chi connectivity index (χ3n) is 3.45. The van der Waals surface area contributed by atoms with Crippen molar-refractivity contribution in [1.29, 1.82) is 0 Å². The van der Waals surface area contributed by atoms with Crippen molar-refractivity contribution in [1.82, 2.24) is 0 Å². The monoisotopic (exact) mass is 267 g/mol. The van der Waals surface area contributed by atoms with Crippen LogP contribution in [0.3, 0.4) is 0 Å². The van der Waals surface area contributed by atoms with Gasteiger partial charge in [-0.25, -0.2) is 0 Å². The third kappa shape index (κ3) is 3.08. The highest BCUT2D eigenvalue weighted by Gasteiger charge is 2.08. The van der Waals surface area contributed by atoms with Gasteiger partial charge in [-0.1, -0.05) is 49.7 Å². The number of rotatable bonds is 3. The lowest BCUT2D eigenvalue weighted by Crippen LogP contribution is -1.89. The van der Waals surface area contributed by atoms with E-state index in [4.69, 9.17) is 0 Å². The van der Waals surface area contributed by atoms with Crippen molar-refractivity contribution in [3.05, 3.63) is 58.7 Å². The largest absolute Gasteiger partial charge is 0.505 e. The Hall–Kier alpha value is -2.09. The number of benzene rings is 2.